The van der Waals surface area contributed by atoms with Crippen molar-refractivity contribution in [2.24, 2.45) is 5.41 Å². The highest BCUT2D eigenvalue weighted by Gasteiger charge is 2.27. The Balaban J connectivity index is 1.97. The van der Waals surface area contributed by atoms with Crippen LogP contribution in [-0.2, 0) is 0 Å². The predicted molar refractivity (Wildman–Crippen MR) is 84.1 cm³/mol. The Morgan fingerprint density at radius 1 is 1.21 bits per heavy atom. The van der Waals surface area contributed by atoms with E-state index in [4.69, 9.17) is 23.2 Å². The molecular formula is C16H23Cl2N. The molecule has 3 heteroatoms. The van der Waals surface area contributed by atoms with Crippen LogP contribution in [0.25, 0.3) is 0 Å². The molecule has 1 atom stereocenters. The van der Waals surface area contributed by atoms with E-state index in [1.165, 1.54) is 32.1 Å². The maximum atomic E-state index is 6.27. The van der Waals surface area contributed by atoms with Crippen LogP contribution in [0.1, 0.15) is 57.6 Å². The fraction of sp³-hybridized carbons (Fsp3) is 0.625. The smallest absolute Gasteiger partial charge is 0.0639 e. The average molecular weight is 300 g/mol. The summed E-state index contributed by atoms with van der Waals surface area (Å²) >= 11 is 12.3. The Labute approximate surface area is 126 Å². The van der Waals surface area contributed by atoms with Gasteiger partial charge in [0.25, 0.3) is 0 Å². The summed E-state index contributed by atoms with van der Waals surface area (Å²) in [5.41, 5.74) is 1.53. The van der Waals surface area contributed by atoms with E-state index in [2.05, 4.69) is 25.2 Å². The number of nitrogens with one attached hydrogen (secondary N) is 1. The second-order valence-electron chi connectivity index (χ2n) is 6.12. The first-order valence-corrected chi connectivity index (χ1v) is 7.95. The Hall–Kier alpha value is -0.240. The Morgan fingerprint density at radius 3 is 2.58 bits per heavy atom. The van der Waals surface area contributed by atoms with Gasteiger partial charge in [-0.2, -0.15) is 0 Å². The molecule has 1 nitrogen and oxygen atoms in total. The molecule has 0 spiro atoms. The number of rotatable bonds is 4. The van der Waals surface area contributed by atoms with Gasteiger partial charge in [0.2, 0.25) is 0 Å². The van der Waals surface area contributed by atoms with Crippen molar-refractivity contribution in [1.82, 2.24) is 5.32 Å². The van der Waals surface area contributed by atoms with E-state index in [1.807, 2.05) is 12.1 Å². The molecule has 1 aliphatic carbocycles. The van der Waals surface area contributed by atoms with Crippen LogP contribution in [0.3, 0.4) is 0 Å². The van der Waals surface area contributed by atoms with Crippen molar-refractivity contribution in [3.8, 4) is 0 Å². The second kappa shape index (κ2) is 6.47. The summed E-state index contributed by atoms with van der Waals surface area (Å²) < 4.78 is 0. The molecule has 1 aliphatic rings. The van der Waals surface area contributed by atoms with Crippen LogP contribution in [0.2, 0.25) is 10.0 Å². The van der Waals surface area contributed by atoms with Crippen LogP contribution < -0.4 is 5.32 Å². The molecule has 1 unspecified atom stereocenters. The maximum Gasteiger partial charge on any atom is 0.0639 e. The van der Waals surface area contributed by atoms with Crippen molar-refractivity contribution in [3.05, 3.63) is 33.8 Å². The minimum Gasteiger partial charge on any atom is -0.310 e. The second-order valence-corrected chi connectivity index (χ2v) is 6.90. The van der Waals surface area contributed by atoms with Crippen LogP contribution in [0.5, 0.6) is 0 Å². The average Bonchev–Trinajstić information content (AvgIpc) is 2.40. The van der Waals surface area contributed by atoms with E-state index >= 15 is 0 Å². The Kier molecular flexibility index (Phi) is 5.16. The first-order chi connectivity index (χ1) is 9.02. The van der Waals surface area contributed by atoms with E-state index < -0.39 is 0 Å². The summed E-state index contributed by atoms with van der Waals surface area (Å²) in [5, 5.41) is 4.95. The molecule has 2 rings (SSSR count). The summed E-state index contributed by atoms with van der Waals surface area (Å²) in [4.78, 5) is 0. The lowest BCUT2D eigenvalue weighted by Crippen LogP contribution is -2.35. The zero-order valence-corrected chi connectivity index (χ0v) is 13.3. The van der Waals surface area contributed by atoms with Crippen molar-refractivity contribution >= 4 is 23.2 Å². The molecule has 19 heavy (non-hydrogen) atoms. The SMILES string of the molecule is CC(NCC1(C)CCCCC1)c1cccc(Cl)c1Cl. The molecule has 0 aromatic heterocycles. The quantitative estimate of drug-likeness (QED) is 0.761. The molecule has 1 aromatic rings. The zero-order valence-electron chi connectivity index (χ0n) is 11.8. The Morgan fingerprint density at radius 2 is 1.89 bits per heavy atom. The minimum absolute atomic E-state index is 0.241. The lowest BCUT2D eigenvalue weighted by molar-refractivity contribution is 0.202. The van der Waals surface area contributed by atoms with Crippen molar-refractivity contribution in [3.63, 3.8) is 0 Å². The molecular weight excluding hydrogens is 277 g/mol. The molecule has 1 fully saturated rings. The molecule has 0 heterocycles. The largest absolute Gasteiger partial charge is 0.310 e. The maximum absolute atomic E-state index is 6.27. The van der Waals surface area contributed by atoms with Crippen molar-refractivity contribution < 1.29 is 0 Å². The lowest BCUT2D eigenvalue weighted by Gasteiger charge is -2.35. The summed E-state index contributed by atoms with van der Waals surface area (Å²) in [6.07, 6.45) is 6.78. The van der Waals surface area contributed by atoms with Gasteiger partial charge in [-0.05, 0) is 36.8 Å². The molecule has 1 saturated carbocycles. The normalized spacial score (nSPS) is 20.2. The summed E-state index contributed by atoms with van der Waals surface area (Å²) in [6, 6.07) is 6.09. The standard InChI is InChI=1S/C16H23Cl2N/c1-12(13-7-6-8-14(17)15(13)18)19-11-16(2)9-4-3-5-10-16/h6-8,12,19H,3-5,9-11H2,1-2H3. The Bertz CT molecular complexity index is 425. The summed E-state index contributed by atoms with van der Waals surface area (Å²) in [6.45, 7) is 5.60. The molecule has 1 aromatic carbocycles. The van der Waals surface area contributed by atoms with Gasteiger partial charge in [-0.15, -0.1) is 0 Å². The lowest BCUT2D eigenvalue weighted by atomic mass is 9.75. The molecule has 0 aliphatic heterocycles. The number of benzene rings is 1. The van der Waals surface area contributed by atoms with Gasteiger partial charge >= 0.3 is 0 Å². The van der Waals surface area contributed by atoms with E-state index in [1.54, 1.807) is 0 Å². The van der Waals surface area contributed by atoms with Gasteiger partial charge in [-0.25, -0.2) is 0 Å². The van der Waals surface area contributed by atoms with E-state index in [0.717, 1.165) is 12.1 Å². The van der Waals surface area contributed by atoms with Crippen molar-refractivity contribution in [2.75, 3.05) is 6.54 Å². The fourth-order valence-electron chi connectivity index (χ4n) is 2.95. The number of hydrogen-bond acceptors (Lipinski definition) is 1. The molecule has 0 bridgehead atoms. The van der Waals surface area contributed by atoms with Gasteiger partial charge < -0.3 is 5.32 Å². The van der Waals surface area contributed by atoms with Crippen LogP contribution in [0, 0.1) is 5.41 Å². The van der Waals surface area contributed by atoms with Gasteiger partial charge in [0.05, 0.1) is 10.0 Å². The van der Waals surface area contributed by atoms with Crippen LogP contribution in [0.15, 0.2) is 18.2 Å². The van der Waals surface area contributed by atoms with Crippen LogP contribution in [-0.4, -0.2) is 6.54 Å². The first kappa shape index (κ1) is 15.2. The summed E-state index contributed by atoms with van der Waals surface area (Å²) in [7, 11) is 0. The van der Waals surface area contributed by atoms with Gasteiger partial charge in [-0.1, -0.05) is 61.5 Å². The van der Waals surface area contributed by atoms with Crippen LogP contribution in [0.4, 0.5) is 0 Å². The zero-order chi connectivity index (χ0) is 13.9. The van der Waals surface area contributed by atoms with Crippen molar-refractivity contribution in [2.45, 2.75) is 52.0 Å². The third-order valence-corrected chi connectivity index (χ3v) is 5.18. The third kappa shape index (κ3) is 3.87. The number of hydrogen-bond donors (Lipinski definition) is 1. The van der Waals surface area contributed by atoms with Crippen LogP contribution >= 0.6 is 23.2 Å². The molecule has 0 amide bonds. The van der Waals surface area contributed by atoms with E-state index in [9.17, 15) is 0 Å². The topological polar surface area (TPSA) is 12.0 Å². The van der Waals surface area contributed by atoms with Gasteiger partial charge in [0, 0.05) is 12.6 Å². The highest BCUT2D eigenvalue weighted by atomic mass is 35.5. The first-order valence-electron chi connectivity index (χ1n) is 7.19. The predicted octanol–water partition coefficient (Wildman–Crippen LogP) is 5.61. The molecule has 106 valence electrons. The van der Waals surface area contributed by atoms with Gasteiger partial charge in [-0.3, -0.25) is 0 Å². The van der Waals surface area contributed by atoms with E-state index in [0.29, 0.717) is 15.5 Å². The monoisotopic (exact) mass is 299 g/mol. The summed E-state index contributed by atoms with van der Waals surface area (Å²) in [5.74, 6) is 0. The minimum atomic E-state index is 0.241. The van der Waals surface area contributed by atoms with Crippen molar-refractivity contribution in [1.29, 1.82) is 0 Å². The van der Waals surface area contributed by atoms with Gasteiger partial charge in [0.15, 0.2) is 0 Å². The van der Waals surface area contributed by atoms with Gasteiger partial charge in [0.1, 0.15) is 0 Å². The molecule has 0 radical (unpaired) electrons. The fourth-order valence-corrected chi connectivity index (χ4v) is 3.42. The van der Waals surface area contributed by atoms with E-state index in [-0.39, 0.29) is 6.04 Å². The highest BCUT2D eigenvalue weighted by molar-refractivity contribution is 6.42. The third-order valence-electron chi connectivity index (χ3n) is 4.34. The molecule has 1 N–H and O–H groups in total. The highest BCUT2D eigenvalue weighted by Crippen LogP contribution is 2.36. The number of halogens is 2. The molecule has 0 saturated heterocycles.